The van der Waals surface area contributed by atoms with Crippen molar-refractivity contribution in [3.05, 3.63) is 83.9 Å². The topological polar surface area (TPSA) is 54.3 Å². The molecule has 2 saturated heterocycles. The summed E-state index contributed by atoms with van der Waals surface area (Å²) in [6.07, 6.45) is 5.69. The molecule has 0 N–H and O–H groups in total. The first-order valence-electron chi connectivity index (χ1n) is 12.1. The van der Waals surface area contributed by atoms with Crippen LogP contribution in [0.1, 0.15) is 55.6 Å². The van der Waals surface area contributed by atoms with Gasteiger partial charge >= 0.3 is 0 Å². The molecule has 2 atom stereocenters. The molecule has 1 aromatic carbocycles. The highest BCUT2D eigenvalue weighted by Crippen LogP contribution is 2.50. The van der Waals surface area contributed by atoms with Crippen LogP contribution in [0.25, 0.3) is 0 Å². The van der Waals surface area contributed by atoms with Gasteiger partial charge in [-0.25, -0.2) is 0 Å². The Morgan fingerprint density at radius 3 is 2.61 bits per heavy atom. The van der Waals surface area contributed by atoms with Gasteiger partial charge in [-0.05, 0) is 50.5 Å². The lowest BCUT2D eigenvalue weighted by atomic mass is 9.70. The molecule has 4 heterocycles. The van der Waals surface area contributed by atoms with Gasteiger partial charge in [0.15, 0.2) is 0 Å². The number of pyridine rings is 1. The van der Waals surface area contributed by atoms with Gasteiger partial charge in [-0.3, -0.25) is 19.4 Å². The minimum atomic E-state index is -0.422. The maximum absolute atomic E-state index is 14.2. The summed E-state index contributed by atoms with van der Waals surface area (Å²) in [5.74, 6) is 0.416. The average molecular weight is 444 g/mol. The first-order chi connectivity index (χ1) is 16.1. The average Bonchev–Trinajstić information content (AvgIpc) is 3.44. The van der Waals surface area contributed by atoms with Crippen LogP contribution in [0.2, 0.25) is 0 Å². The van der Waals surface area contributed by atoms with Crippen LogP contribution in [-0.2, 0) is 17.9 Å². The van der Waals surface area contributed by atoms with Gasteiger partial charge in [0.2, 0.25) is 5.91 Å². The van der Waals surface area contributed by atoms with Gasteiger partial charge in [-0.15, -0.1) is 0 Å². The van der Waals surface area contributed by atoms with E-state index in [-0.39, 0.29) is 12.0 Å². The number of nitrogens with zero attached hydrogens (tertiary/aromatic N) is 5. The van der Waals surface area contributed by atoms with E-state index in [4.69, 9.17) is 0 Å². The summed E-state index contributed by atoms with van der Waals surface area (Å²) in [5, 5.41) is 4.62. The van der Waals surface area contributed by atoms with Gasteiger partial charge in [0.05, 0.1) is 11.1 Å². The lowest BCUT2D eigenvalue weighted by molar-refractivity contribution is -0.147. The molecule has 5 rings (SSSR count). The van der Waals surface area contributed by atoms with Crippen LogP contribution in [0.15, 0.2) is 67.0 Å². The van der Waals surface area contributed by atoms with Crippen molar-refractivity contribution in [2.24, 2.45) is 5.41 Å². The van der Waals surface area contributed by atoms with Crippen LogP contribution in [0.3, 0.4) is 0 Å². The molecule has 0 saturated carbocycles. The van der Waals surface area contributed by atoms with Crippen LogP contribution in [0, 0.1) is 5.41 Å². The van der Waals surface area contributed by atoms with Gasteiger partial charge in [0.1, 0.15) is 0 Å². The molecule has 0 bridgehead atoms. The second kappa shape index (κ2) is 9.10. The Kier molecular flexibility index (Phi) is 6.02. The van der Waals surface area contributed by atoms with Gasteiger partial charge in [-0.2, -0.15) is 5.10 Å². The molecular formula is C27H33N5O. The molecule has 2 aromatic heterocycles. The first kappa shape index (κ1) is 21.8. The van der Waals surface area contributed by atoms with Crippen molar-refractivity contribution in [3.8, 4) is 0 Å². The van der Waals surface area contributed by atoms with Gasteiger partial charge < -0.3 is 4.90 Å². The molecule has 2 fully saturated rings. The third-order valence-corrected chi connectivity index (χ3v) is 7.25. The van der Waals surface area contributed by atoms with E-state index in [0.29, 0.717) is 12.5 Å². The summed E-state index contributed by atoms with van der Waals surface area (Å²) in [6.45, 7) is 8.20. The quantitative estimate of drug-likeness (QED) is 0.571. The molecule has 3 aromatic rings. The maximum atomic E-state index is 14.2. The number of amides is 1. The monoisotopic (exact) mass is 443 g/mol. The molecule has 1 amide bonds. The minimum absolute atomic E-state index is 0.122. The molecule has 0 aliphatic carbocycles. The zero-order valence-electron chi connectivity index (χ0n) is 19.6. The van der Waals surface area contributed by atoms with Crippen molar-refractivity contribution in [1.82, 2.24) is 24.6 Å². The van der Waals surface area contributed by atoms with Crippen LogP contribution >= 0.6 is 0 Å². The second-order valence-corrected chi connectivity index (χ2v) is 9.81. The largest absolute Gasteiger partial charge is 0.338 e. The highest BCUT2D eigenvalue weighted by molar-refractivity contribution is 5.85. The van der Waals surface area contributed by atoms with Crippen LogP contribution in [-0.4, -0.2) is 50.1 Å². The Hall–Kier alpha value is -2.99. The predicted molar refractivity (Wildman–Crippen MR) is 128 cm³/mol. The molecule has 0 radical (unpaired) electrons. The summed E-state index contributed by atoms with van der Waals surface area (Å²) in [7, 11) is 0. The number of hydrogen-bond acceptors (Lipinski definition) is 4. The van der Waals surface area contributed by atoms with Crippen molar-refractivity contribution in [2.45, 2.75) is 51.7 Å². The number of benzene rings is 1. The lowest BCUT2D eigenvalue weighted by Crippen LogP contribution is -2.52. The number of aromatic nitrogens is 3. The molecule has 0 unspecified atom stereocenters. The Morgan fingerprint density at radius 1 is 1.03 bits per heavy atom. The number of likely N-dealkylation sites (tertiary alicyclic amines) is 2. The summed E-state index contributed by atoms with van der Waals surface area (Å²) in [4.78, 5) is 23.3. The smallest absolute Gasteiger partial charge is 0.231 e. The van der Waals surface area contributed by atoms with E-state index < -0.39 is 5.41 Å². The first-order valence-corrected chi connectivity index (χ1v) is 12.1. The number of carbonyl (C=O) groups excluding carboxylic acids is 1. The fourth-order valence-corrected chi connectivity index (χ4v) is 5.79. The minimum Gasteiger partial charge on any atom is -0.338 e. The highest BCUT2D eigenvalue weighted by Gasteiger charge is 2.56. The second-order valence-electron chi connectivity index (χ2n) is 9.81. The highest BCUT2D eigenvalue weighted by atomic mass is 16.2. The van der Waals surface area contributed by atoms with Gasteiger partial charge in [0, 0.05) is 62.8 Å². The fraction of sp³-hybridized carbons (Fsp3) is 0.444. The standard InChI is InChI=1S/C27H33N5O/c1-21(2)32-25(12-15-29-32)24-19-30(18-23-11-6-7-14-28-23)20-27(24)13-8-16-31(26(27)33)17-22-9-4-3-5-10-22/h3-7,9-12,14-15,21,24H,8,13,16-20H2,1-2H3/t24-,27+/m0/s1. The maximum Gasteiger partial charge on any atom is 0.231 e. The Bertz CT molecular complexity index is 1080. The molecular weight excluding hydrogens is 410 g/mol. The zero-order chi connectivity index (χ0) is 22.8. The molecule has 1 spiro atoms. The van der Waals surface area contributed by atoms with E-state index in [1.807, 2.05) is 42.7 Å². The SMILES string of the molecule is CC(C)n1nccc1[C@@H]1CN(Cc2ccccn2)C[C@]12CCCN(Cc1ccccc1)C2=O. The number of carbonyl (C=O) groups is 1. The predicted octanol–water partition coefficient (Wildman–Crippen LogP) is 4.27. The third-order valence-electron chi connectivity index (χ3n) is 7.25. The molecule has 6 heteroatoms. The Morgan fingerprint density at radius 2 is 1.85 bits per heavy atom. The lowest BCUT2D eigenvalue weighted by Gasteiger charge is -2.43. The summed E-state index contributed by atoms with van der Waals surface area (Å²) >= 11 is 0. The van der Waals surface area contributed by atoms with Crippen molar-refractivity contribution in [1.29, 1.82) is 0 Å². The molecule has 6 nitrogen and oxygen atoms in total. The van der Waals surface area contributed by atoms with E-state index >= 15 is 0 Å². The Balaban J connectivity index is 1.48. The molecule has 2 aliphatic rings. The van der Waals surface area contributed by atoms with Crippen LogP contribution in [0.5, 0.6) is 0 Å². The van der Waals surface area contributed by atoms with Crippen molar-refractivity contribution < 1.29 is 4.79 Å². The third kappa shape index (κ3) is 4.20. The number of rotatable bonds is 6. The Labute approximate surface area is 196 Å². The summed E-state index contributed by atoms with van der Waals surface area (Å²) < 4.78 is 2.11. The normalized spacial score (nSPS) is 23.7. The molecule has 2 aliphatic heterocycles. The summed E-state index contributed by atoms with van der Waals surface area (Å²) in [6, 6.07) is 18.8. The number of hydrogen-bond donors (Lipinski definition) is 0. The van der Waals surface area contributed by atoms with Crippen LogP contribution < -0.4 is 0 Å². The van der Waals surface area contributed by atoms with E-state index in [9.17, 15) is 4.79 Å². The van der Waals surface area contributed by atoms with Crippen molar-refractivity contribution in [2.75, 3.05) is 19.6 Å². The van der Waals surface area contributed by atoms with Gasteiger partial charge in [-0.1, -0.05) is 36.4 Å². The van der Waals surface area contributed by atoms with E-state index in [2.05, 4.69) is 62.7 Å². The number of piperidine rings is 1. The van der Waals surface area contributed by atoms with E-state index in [1.54, 1.807) is 0 Å². The van der Waals surface area contributed by atoms with E-state index in [0.717, 1.165) is 44.7 Å². The van der Waals surface area contributed by atoms with Crippen molar-refractivity contribution in [3.63, 3.8) is 0 Å². The van der Waals surface area contributed by atoms with E-state index in [1.165, 1.54) is 11.3 Å². The zero-order valence-corrected chi connectivity index (χ0v) is 19.6. The molecule has 33 heavy (non-hydrogen) atoms. The van der Waals surface area contributed by atoms with Crippen LogP contribution in [0.4, 0.5) is 0 Å². The molecule has 172 valence electrons. The van der Waals surface area contributed by atoms with Gasteiger partial charge in [0.25, 0.3) is 0 Å². The van der Waals surface area contributed by atoms with Crippen molar-refractivity contribution >= 4 is 5.91 Å². The fourth-order valence-electron chi connectivity index (χ4n) is 5.79. The summed E-state index contributed by atoms with van der Waals surface area (Å²) in [5.41, 5.74) is 3.00.